The van der Waals surface area contributed by atoms with E-state index in [1.165, 1.54) is 19.3 Å². The first kappa shape index (κ1) is 15.9. The number of β-amino-alcohol motifs (C(OH)–C–C–N with tert-alkyl or cyclic N) is 1. The quantitative estimate of drug-likeness (QED) is 0.492. The number of hydrogen-bond donors (Lipinski definition) is 3. The number of nitrogens with one attached hydrogen (secondary N) is 1. The Morgan fingerprint density at radius 1 is 1.28 bits per heavy atom. The van der Waals surface area contributed by atoms with E-state index < -0.39 is 6.10 Å². The van der Waals surface area contributed by atoms with Crippen LogP contribution in [0.2, 0.25) is 0 Å². The summed E-state index contributed by atoms with van der Waals surface area (Å²) in [5.74, 6) is 0. The van der Waals surface area contributed by atoms with E-state index in [9.17, 15) is 10.2 Å². The molecular weight excluding hydrogens is 230 g/mol. The predicted molar refractivity (Wildman–Crippen MR) is 72.6 cm³/mol. The number of rotatable bonds is 11. The first-order valence-corrected chi connectivity index (χ1v) is 7.34. The molecule has 0 aromatic heterocycles. The van der Waals surface area contributed by atoms with Gasteiger partial charge in [0.1, 0.15) is 0 Å². The van der Waals surface area contributed by atoms with Crippen molar-refractivity contribution in [3.63, 3.8) is 0 Å². The molecule has 1 saturated carbocycles. The monoisotopic (exact) mass is 259 g/mol. The number of aliphatic hydroxyl groups excluding tert-OH is 2. The van der Waals surface area contributed by atoms with Gasteiger partial charge in [-0.2, -0.15) is 0 Å². The number of ether oxygens (including phenoxy) is 1. The van der Waals surface area contributed by atoms with Crippen molar-refractivity contribution in [1.29, 1.82) is 0 Å². The van der Waals surface area contributed by atoms with E-state index in [1.54, 1.807) is 0 Å². The van der Waals surface area contributed by atoms with E-state index in [4.69, 9.17) is 4.74 Å². The van der Waals surface area contributed by atoms with E-state index >= 15 is 0 Å². The van der Waals surface area contributed by atoms with Crippen molar-refractivity contribution < 1.29 is 14.9 Å². The number of aliphatic hydroxyl groups is 2. The maximum absolute atomic E-state index is 9.76. The number of unbranched alkanes of at least 4 members (excludes halogenated alkanes) is 3. The van der Waals surface area contributed by atoms with Gasteiger partial charge in [0.2, 0.25) is 0 Å². The maximum atomic E-state index is 9.76. The van der Waals surface area contributed by atoms with Gasteiger partial charge in [0.15, 0.2) is 0 Å². The Labute approximate surface area is 111 Å². The Balaban J connectivity index is 1.95. The molecule has 1 rings (SSSR count). The average Bonchev–Trinajstić information content (AvgIpc) is 2.33. The molecule has 4 nitrogen and oxygen atoms in total. The van der Waals surface area contributed by atoms with Crippen LogP contribution in [0.15, 0.2) is 0 Å². The van der Waals surface area contributed by atoms with Crippen LogP contribution in [-0.4, -0.2) is 48.2 Å². The van der Waals surface area contributed by atoms with E-state index in [-0.39, 0.29) is 12.1 Å². The highest BCUT2D eigenvalue weighted by atomic mass is 16.5. The summed E-state index contributed by atoms with van der Waals surface area (Å²) in [7, 11) is 0. The summed E-state index contributed by atoms with van der Waals surface area (Å²) >= 11 is 0. The predicted octanol–water partition coefficient (Wildman–Crippen LogP) is 1.45. The van der Waals surface area contributed by atoms with Gasteiger partial charge < -0.3 is 20.3 Å². The zero-order chi connectivity index (χ0) is 13.3. The van der Waals surface area contributed by atoms with Crippen LogP contribution in [-0.2, 0) is 4.74 Å². The molecule has 1 fully saturated rings. The van der Waals surface area contributed by atoms with E-state index in [0.717, 1.165) is 32.3 Å². The van der Waals surface area contributed by atoms with Crippen molar-refractivity contribution in [2.75, 3.05) is 26.4 Å². The molecule has 18 heavy (non-hydrogen) atoms. The fourth-order valence-corrected chi connectivity index (χ4v) is 2.24. The molecule has 0 bridgehead atoms. The largest absolute Gasteiger partial charge is 0.394 e. The van der Waals surface area contributed by atoms with E-state index in [2.05, 4.69) is 12.2 Å². The van der Waals surface area contributed by atoms with Crippen molar-refractivity contribution in [1.82, 2.24) is 5.32 Å². The molecule has 0 aromatic carbocycles. The fraction of sp³-hybridized carbons (Fsp3) is 1.00. The lowest BCUT2D eigenvalue weighted by Crippen LogP contribution is -2.56. The van der Waals surface area contributed by atoms with Crippen molar-refractivity contribution in [2.24, 2.45) is 0 Å². The van der Waals surface area contributed by atoms with Crippen LogP contribution >= 0.6 is 0 Å². The molecule has 0 radical (unpaired) electrons. The van der Waals surface area contributed by atoms with Gasteiger partial charge in [-0.25, -0.2) is 0 Å². The Kier molecular flexibility index (Phi) is 7.82. The fourth-order valence-electron chi connectivity index (χ4n) is 2.24. The molecule has 1 unspecified atom stereocenters. The molecule has 1 atom stereocenters. The lowest BCUT2D eigenvalue weighted by atomic mass is 9.77. The lowest BCUT2D eigenvalue weighted by Gasteiger charge is -2.41. The Morgan fingerprint density at radius 3 is 2.61 bits per heavy atom. The van der Waals surface area contributed by atoms with Crippen LogP contribution < -0.4 is 5.32 Å². The normalized spacial score (nSPS) is 19.5. The minimum Gasteiger partial charge on any atom is -0.394 e. The van der Waals surface area contributed by atoms with E-state index in [0.29, 0.717) is 13.2 Å². The molecule has 0 aliphatic heterocycles. The summed E-state index contributed by atoms with van der Waals surface area (Å²) < 4.78 is 5.44. The Hall–Kier alpha value is -0.160. The first-order valence-electron chi connectivity index (χ1n) is 7.34. The standard InChI is InChI=1S/C14H29NO3/c1-2-3-4-5-9-18-11-13(17)10-15-14(12-16)7-6-8-14/h13,15-17H,2-12H2,1H3. The van der Waals surface area contributed by atoms with Crippen molar-refractivity contribution in [3.8, 4) is 0 Å². The third-order valence-electron chi connectivity index (χ3n) is 3.78. The molecule has 1 aliphatic rings. The summed E-state index contributed by atoms with van der Waals surface area (Å²) in [5.41, 5.74) is -0.123. The topological polar surface area (TPSA) is 61.7 Å². The van der Waals surface area contributed by atoms with E-state index in [1.807, 2.05) is 0 Å². The van der Waals surface area contributed by atoms with Gasteiger partial charge in [0.05, 0.1) is 19.3 Å². The average molecular weight is 259 g/mol. The third kappa shape index (κ3) is 5.65. The highest BCUT2D eigenvalue weighted by Gasteiger charge is 2.35. The minimum atomic E-state index is -0.472. The van der Waals surface area contributed by atoms with Gasteiger partial charge in [-0.15, -0.1) is 0 Å². The summed E-state index contributed by atoms with van der Waals surface area (Å²) in [4.78, 5) is 0. The van der Waals surface area contributed by atoms with Crippen molar-refractivity contribution in [3.05, 3.63) is 0 Å². The van der Waals surface area contributed by atoms with Crippen LogP contribution in [0.25, 0.3) is 0 Å². The van der Waals surface area contributed by atoms with Gasteiger partial charge in [0, 0.05) is 18.7 Å². The maximum Gasteiger partial charge on any atom is 0.0897 e. The highest BCUT2D eigenvalue weighted by Crippen LogP contribution is 2.30. The van der Waals surface area contributed by atoms with Gasteiger partial charge in [0.25, 0.3) is 0 Å². The van der Waals surface area contributed by atoms with Crippen LogP contribution in [0.4, 0.5) is 0 Å². The molecule has 0 saturated heterocycles. The van der Waals surface area contributed by atoms with Crippen molar-refractivity contribution >= 4 is 0 Å². The molecule has 3 N–H and O–H groups in total. The summed E-state index contributed by atoms with van der Waals surface area (Å²) in [6.45, 7) is 3.99. The molecule has 108 valence electrons. The minimum absolute atomic E-state index is 0.123. The Morgan fingerprint density at radius 2 is 2.06 bits per heavy atom. The molecule has 0 amide bonds. The molecular formula is C14H29NO3. The summed E-state index contributed by atoms with van der Waals surface area (Å²) in [6.07, 6.45) is 7.48. The van der Waals surface area contributed by atoms with Crippen LogP contribution in [0, 0.1) is 0 Å². The lowest BCUT2D eigenvalue weighted by molar-refractivity contribution is 0.0183. The zero-order valence-corrected chi connectivity index (χ0v) is 11.7. The molecule has 4 heteroatoms. The second kappa shape index (κ2) is 8.86. The number of hydrogen-bond acceptors (Lipinski definition) is 4. The van der Waals surface area contributed by atoms with Gasteiger partial charge in [-0.3, -0.25) is 0 Å². The van der Waals surface area contributed by atoms with Gasteiger partial charge >= 0.3 is 0 Å². The first-order chi connectivity index (χ1) is 8.72. The van der Waals surface area contributed by atoms with Gasteiger partial charge in [-0.05, 0) is 25.7 Å². The highest BCUT2D eigenvalue weighted by molar-refractivity contribution is 4.95. The Bertz CT molecular complexity index is 202. The summed E-state index contributed by atoms with van der Waals surface area (Å²) in [6, 6.07) is 0. The smallest absolute Gasteiger partial charge is 0.0897 e. The van der Waals surface area contributed by atoms with Gasteiger partial charge in [-0.1, -0.05) is 26.2 Å². The van der Waals surface area contributed by atoms with Crippen LogP contribution in [0.1, 0.15) is 51.9 Å². The van der Waals surface area contributed by atoms with Crippen LogP contribution in [0.3, 0.4) is 0 Å². The molecule has 0 spiro atoms. The van der Waals surface area contributed by atoms with Crippen LogP contribution in [0.5, 0.6) is 0 Å². The van der Waals surface area contributed by atoms with Crippen molar-refractivity contribution in [2.45, 2.75) is 63.5 Å². The summed E-state index contributed by atoms with van der Waals surface area (Å²) in [5, 5.41) is 22.3. The second-order valence-corrected chi connectivity index (χ2v) is 5.46. The SMILES string of the molecule is CCCCCCOCC(O)CNC1(CO)CCC1. The molecule has 0 heterocycles. The molecule has 0 aromatic rings. The zero-order valence-electron chi connectivity index (χ0n) is 11.7. The molecule has 1 aliphatic carbocycles. The second-order valence-electron chi connectivity index (χ2n) is 5.46. The third-order valence-corrected chi connectivity index (χ3v) is 3.78.